The summed E-state index contributed by atoms with van der Waals surface area (Å²) in [6.07, 6.45) is 2.18. The number of likely N-dealkylation sites (N-methyl/N-ethyl adjacent to an activating group) is 1. The summed E-state index contributed by atoms with van der Waals surface area (Å²) in [6, 6.07) is 3.71. The summed E-state index contributed by atoms with van der Waals surface area (Å²) < 4.78 is 14.6. The molecule has 1 fully saturated rings. The molecule has 3 nitrogen and oxygen atoms in total. The summed E-state index contributed by atoms with van der Waals surface area (Å²) >= 11 is 8.10. The molecule has 0 aliphatic carbocycles. The van der Waals surface area contributed by atoms with Gasteiger partial charge in [0.1, 0.15) is 4.99 Å². The number of likely N-dealkylation sites (tertiary alicyclic amines) is 1. The number of benzene rings is 1. The molecule has 1 atom stereocenters. The highest BCUT2D eigenvalue weighted by molar-refractivity contribution is 9.10. The van der Waals surface area contributed by atoms with Crippen LogP contribution in [0.15, 0.2) is 16.6 Å². The van der Waals surface area contributed by atoms with Gasteiger partial charge in [0.25, 0.3) is 0 Å². The van der Waals surface area contributed by atoms with Gasteiger partial charge < -0.3 is 16.0 Å². The zero-order valence-electron chi connectivity index (χ0n) is 10.7. The molecule has 2 rings (SSSR count). The molecule has 3 N–H and O–H groups in total. The van der Waals surface area contributed by atoms with Crippen LogP contribution in [0.25, 0.3) is 0 Å². The van der Waals surface area contributed by atoms with Gasteiger partial charge in [-0.1, -0.05) is 12.2 Å². The van der Waals surface area contributed by atoms with Gasteiger partial charge in [-0.3, -0.25) is 0 Å². The van der Waals surface area contributed by atoms with Gasteiger partial charge in [-0.15, -0.1) is 0 Å². The number of halogens is 2. The van der Waals surface area contributed by atoms with Crippen LogP contribution in [0.5, 0.6) is 0 Å². The molecule has 0 saturated carbocycles. The summed E-state index contributed by atoms with van der Waals surface area (Å²) in [5, 5.41) is 3.26. The minimum absolute atomic E-state index is 0.190. The topological polar surface area (TPSA) is 41.3 Å². The molecule has 1 saturated heterocycles. The lowest BCUT2D eigenvalue weighted by atomic mass is 10.1. The van der Waals surface area contributed by atoms with Crippen LogP contribution < -0.4 is 11.1 Å². The largest absolute Gasteiger partial charge is 0.389 e. The fraction of sp³-hybridized carbons (Fsp3) is 0.462. The maximum absolute atomic E-state index is 14.2. The van der Waals surface area contributed by atoms with Gasteiger partial charge in [-0.25, -0.2) is 4.39 Å². The normalized spacial score (nSPS) is 20.3. The van der Waals surface area contributed by atoms with E-state index in [0.29, 0.717) is 15.7 Å². The molecule has 0 bridgehead atoms. The summed E-state index contributed by atoms with van der Waals surface area (Å²) in [5.74, 6) is -0.335. The van der Waals surface area contributed by atoms with E-state index in [4.69, 9.17) is 18.0 Å². The van der Waals surface area contributed by atoms with Crippen molar-refractivity contribution < 1.29 is 4.39 Å². The number of nitrogens with one attached hydrogen (secondary N) is 1. The van der Waals surface area contributed by atoms with E-state index in [0.717, 1.165) is 25.9 Å². The average Bonchev–Trinajstić information content (AvgIpc) is 2.35. The van der Waals surface area contributed by atoms with Crippen molar-refractivity contribution >= 4 is 38.8 Å². The standard InChI is InChI=1S/C13H17BrFN3S/c1-18-6-2-3-8(7-18)17-10-5-4-9(13(16)19)11(14)12(10)15/h4-5,8,17H,2-3,6-7H2,1H3,(H2,16,19). The van der Waals surface area contributed by atoms with E-state index >= 15 is 0 Å². The molecule has 104 valence electrons. The SMILES string of the molecule is CN1CCCC(Nc2ccc(C(N)=S)c(Br)c2F)C1. The first-order valence-electron chi connectivity index (χ1n) is 6.22. The van der Waals surface area contributed by atoms with E-state index in [2.05, 4.69) is 33.2 Å². The number of rotatable bonds is 3. The second kappa shape index (κ2) is 6.15. The molecule has 1 aromatic carbocycles. The lowest BCUT2D eigenvalue weighted by molar-refractivity contribution is 0.260. The maximum Gasteiger partial charge on any atom is 0.161 e. The average molecular weight is 346 g/mol. The van der Waals surface area contributed by atoms with E-state index in [1.807, 2.05) is 0 Å². The molecule has 0 aromatic heterocycles. The van der Waals surface area contributed by atoms with Crippen molar-refractivity contribution in [2.45, 2.75) is 18.9 Å². The van der Waals surface area contributed by atoms with Crippen molar-refractivity contribution in [2.75, 3.05) is 25.5 Å². The lowest BCUT2D eigenvalue weighted by Gasteiger charge is -2.31. The number of piperidine rings is 1. The number of anilines is 1. The summed E-state index contributed by atoms with van der Waals surface area (Å²) in [7, 11) is 2.08. The highest BCUT2D eigenvalue weighted by Gasteiger charge is 2.19. The predicted molar refractivity (Wildman–Crippen MR) is 84.1 cm³/mol. The highest BCUT2D eigenvalue weighted by atomic mass is 79.9. The Morgan fingerprint density at radius 2 is 2.32 bits per heavy atom. The number of hydrogen-bond donors (Lipinski definition) is 2. The molecule has 1 aliphatic rings. The van der Waals surface area contributed by atoms with Gasteiger partial charge in [-0.05, 0) is 54.5 Å². The summed E-state index contributed by atoms with van der Waals surface area (Å²) in [5.41, 5.74) is 6.56. The van der Waals surface area contributed by atoms with E-state index in [1.54, 1.807) is 12.1 Å². The van der Waals surface area contributed by atoms with E-state index < -0.39 is 0 Å². The minimum Gasteiger partial charge on any atom is -0.389 e. The van der Waals surface area contributed by atoms with Crippen molar-refractivity contribution in [2.24, 2.45) is 5.73 Å². The van der Waals surface area contributed by atoms with Gasteiger partial charge in [0.15, 0.2) is 5.82 Å². The molecule has 6 heteroatoms. The van der Waals surface area contributed by atoms with Gasteiger partial charge in [0.05, 0.1) is 10.2 Å². The van der Waals surface area contributed by atoms with Crippen LogP contribution in [0.4, 0.5) is 10.1 Å². The zero-order valence-corrected chi connectivity index (χ0v) is 13.2. The van der Waals surface area contributed by atoms with Gasteiger partial charge in [-0.2, -0.15) is 0 Å². The fourth-order valence-electron chi connectivity index (χ4n) is 2.36. The number of hydrogen-bond acceptors (Lipinski definition) is 3. The molecule has 1 aromatic rings. The van der Waals surface area contributed by atoms with Crippen LogP contribution in [0.1, 0.15) is 18.4 Å². The Hall–Kier alpha value is -0.720. The Balaban J connectivity index is 2.17. The third-order valence-electron chi connectivity index (χ3n) is 3.33. The quantitative estimate of drug-likeness (QED) is 0.826. The summed E-state index contributed by atoms with van der Waals surface area (Å²) in [6.45, 7) is 2.03. The van der Waals surface area contributed by atoms with Crippen LogP contribution >= 0.6 is 28.1 Å². The zero-order chi connectivity index (χ0) is 14.0. The van der Waals surface area contributed by atoms with Crippen molar-refractivity contribution in [3.8, 4) is 0 Å². The molecular formula is C13H17BrFN3S. The third-order valence-corrected chi connectivity index (χ3v) is 4.33. The number of nitrogens with zero attached hydrogens (tertiary/aromatic N) is 1. The van der Waals surface area contributed by atoms with Crippen molar-refractivity contribution in [1.29, 1.82) is 0 Å². The molecule has 1 unspecified atom stereocenters. The predicted octanol–water partition coefficient (Wildman–Crippen LogP) is 2.73. The molecule has 0 spiro atoms. The Bertz CT molecular complexity index is 495. The van der Waals surface area contributed by atoms with Crippen molar-refractivity contribution in [1.82, 2.24) is 4.90 Å². The molecule has 0 amide bonds. The van der Waals surface area contributed by atoms with E-state index in [-0.39, 0.29) is 16.8 Å². The van der Waals surface area contributed by atoms with E-state index in [1.165, 1.54) is 0 Å². The van der Waals surface area contributed by atoms with Crippen LogP contribution in [-0.2, 0) is 0 Å². The highest BCUT2D eigenvalue weighted by Crippen LogP contribution is 2.28. The second-order valence-corrected chi connectivity index (χ2v) is 6.13. The Morgan fingerprint density at radius 3 is 2.95 bits per heavy atom. The van der Waals surface area contributed by atoms with Gasteiger partial charge >= 0.3 is 0 Å². The molecule has 19 heavy (non-hydrogen) atoms. The first-order chi connectivity index (χ1) is 8.99. The monoisotopic (exact) mass is 345 g/mol. The molecule has 0 radical (unpaired) electrons. The second-order valence-electron chi connectivity index (χ2n) is 4.90. The van der Waals surface area contributed by atoms with Crippen molar-refractivity contribution in [3.05, 3.63) is 28.0 Å². The number of thiocarbonyl (C=S) groups is 1. The van der Waals surface area contributed by atoms with Crippen LogP contribution in [0, 0.1) is 5.82 Å². The summed E-state index contributed by atoms with van der Waals surface area (Å²) in [4.78, 5) is 2.44. The first kappa shape index (κ1) is 14.7. The van der Waals surface area contributed by atoms with E-state index in [9.17, 15) is 4.39 Å². The first-order valence-corrected chi connectivity index (χ1v) is 7.42. The van der Waals surface area contributed by atoms with Crippen LogP contribution in [-0.4, -0.2) is 36.1 Å². The molecular weight excluding hydrogens is 329 g/mol. The molecule has 1 aliphatic heterocycles. The van der Waals surface area contributed by atoms with Gasteiger partial charge in [0, 0.05) is 18.2 Å². The lowest BCUT2D eigenvalue weighted by Crippen LogP contribution is -2.39. The Kier molecular flexibility index (Phi) is 4.76. The number of nitrogens with two attached hydrogens (primary N) is 1. The Labute approximate surface area is 126 Å². The minimum atomic E-state index is -0.335. The fourth-order valence-corrected chi connectivity index (χ4v) is 3.22. The van der Waals surface area contributed by atoms with Crippen LogP contribution in [0.3, 0.4) is 0 Å². The Morgan fingerprint density at radius 1 is 1.58 bits per heavy atom. The van der Waals surface area contributed by atoms with Gasteiger partial charge in [0.2, 0.25) is 0 Å². The molecule has 1 heterocycles. The maximum atomic E-state index is 14.2. The smallest absolute Gasteiger partial charge is 0.161 e. The van der Waals surface area contributed by atoms with Crippen molar-refractivity contribution in [3.63, 3.8) is 0 Å². The third kappa shape index (κ3) is 3.43. The van der Waals surface area contributed by atoms with Crippen LogP contribution in [0.2, 0.25) is 0 Å².